The highest BCUT2D eigenvalue weighted by Gasteiger charge is 2.02. The Kier molecular flexibility index (Phi) is 5.05. The van der Waals surface area contributed by atoms with Gasteiger partial charge in [-0.1, -0.05) is 12.1 Å². The Hall–Kier alpha value is -2.17. The molecule has 4 nitrogen and oxygen atoms in total. The highest BCUT2D eigenvalue weighted by Crippen LogP contribution is 2.04. The van der Waals surface area contributed by atoms with Crippen LogP contribution in [0, 0.1) is 5.82 Å². The van der Waals surface area contributed by atoms with Gasteiger partial charge in [-0.15, -0.1) is 0 Å². The van der Waals surface area contributed by atoms with Gasteiger partial charge < -0.3 is 10.1 Å². The molecular formula is C13H14FNO3. The van der Waals surface area contributed by atoms with Crippen molar-refractivity contribution in [2.75, 3.05) is 0 Å². The Morgan fingerprint density at radius 2 is 1.89 bits per heavy atom. The number of carbonyl (C=O) groups excluding carboxylic acids is 2. The summed E-state index contributed by atoms with van der Waals surface area (Å²) in [5.41, 5.74) is 1.10. The predicted molar refractivity (Wildman–Crippen MR) is 63.8 cm³/mol. The summed E-state index contributed by atoms with van der Waals surface area (Å²) in [5.74, 6) is -1.16. The first-order chi connectivity index (χ1) is 8.47. The van der Waals surface area contributed by atoms with Gasteiger partial charge in [0.15, 0.2) is 0 Å². The van der Waals surface area contributed by atoms with Crippen molar-refractivity contribution in [3.8, 4) is 0 Å². The second kappa shape index (κ2) is 6.54. The Balaban J connectivity index is 2.46. The molecule has 1 N–H and O–H groups in total. The van der Waals surface area contributed by atoms with Crippen LogP contribution in [0.15, 0.2) is 36.0 Å². The normalized spacial score (nSPS) is 10.9. The lowest BCUT2D eigenvalue weighted by molar-refractivity contribution is -0.139. The van der Waals surface area contributed by atoms with Crippen LogP contribution in [0.4, 0.5) is 4.39 Å². The molecule has 1 aromatic carbocycles. The fourth-order valence-electron chi connectivity index (χ4n) is 1.27. The van der Waals surface area contributed by atoms with Crippen molar-refractivity contribution in [3.63, 3.8) is 0 Å². The molecule has 0 unspecified atom stereocenters. The summed E-state index contributed by atoms with van der Waals surface area (Å²) in [7, 11) is 0. The maximum absolute atomic E-state index is 12.6. The molecule has 1 aromatic rings. The third kappa shape index (κ3) is 5.25. The van der Waals surface area contributed by atoms with E-state index in [1.54, 1.807) is 6.92 Å². The number of halogens is 1. The number of hydrogen-bond acceptors (Lipinski definition) is 3. The van der Waals surface area contributed by atoms with E-state index in [1.807, 2.05) is 0 Å². The lowest BCUT2D eigenvalue weighted by atomic mass is 10.2. The average molecular weight is 251 g/mol. The fourth-order valence-corrected chi connectivity index (χ4v) is 1.27. The first-order valence-corrected chi connectivity index (χ1v) is 5.34. The molecule has 0 aromatic heterocycles. The zero-order chi connectivity index (χ0) is 13.5. The number of ether oxygens (including phenoxy) is 1. The van der Waals surface area contributed by atoms with Gasteiger partial charge in [0.05, 0.1) is 0 Å². The lowest BCUT2D eigenvalue weighted by Crippen LogP contribution is -2.18. The van der Waals surface area contributed by atoms with E-state index in [9.17, 15) is 14.0 Å². The summed E-state index contributed by atoms with van der Waals surface area (Å²) in [6.45, 7) is 2.99. The summed E-state index contributed by atoms with van der Waals surface area (Å²) in [6, 6.07) is 5.66. The highest BCUT2D eigenvalue weighted by atomic mass is 19.1. The van der Waals surface area contributed by atoms with Gasteiger partial charge in [0.1, 0.15) is 12.4 Å². The summed E-state index contributed by atoms with van der Waals surface area (Å²) in [4.78, 5) is 22.1. The number of carbonyl (C=O) groups is 2. The van der Waals surface area contributed by atoms with Gasteiger partial charge in [0.2, 0.25) is 5.91 Å². The largest absolute Gasteiger partial charge is 0.458 e. The summed E-state index contributed by atoms with van der Waals surface area (Å²) in [6.07, 6.45) is 1.19. The second-order valence-electron chi connectivity index (χ2n) is 3.74. The predicted octanol–water partition coefficient (Wildman–Crippen LogP) is 1.91. The summed E-state index contributed by atoms with van der Waals surface area (Å²) in [5, 5.41) is 2.45. The van der Waals surface area contributed by atoms with E-state index >= 15 is 0 Å². The van der Waals surface area contributed by atoms with Crippen LogP contribution in [0.2, 0.25) is 0 Å². The molecule has 0 radical (unpaired) electrons. The Bertz CT molecular complexity index is 466. The van der Waals surface area contributed by atoms with Crippen molar-refractivity contribution in [1.82, 2.24) is 5.32 Å². The van der Waals surface area contributed by atoms with E-state index in [2.05, 4.69) is 5.32 Å². The van der Waals surface area contributed by atoms with Crippen LogP contribution in [0.25, 0.3) is 0 Å². The van der Waals surface area contributed by atoms with Crippen molar-refractivity contribution >= 4 is 11.9 Å². The number of hydrogen-bond donors (Lipinski definition) is 1. The summed E-state index contributed by atoms with van der Waals surface area (Å²) < 4.78 is 17.6. The SMILES string of the molecule is CC(=O)N/C(C)=C\C(=O)OCc1ccc(F)cc1. The highest BCUT2D eigenvalue weighted by molar-refractivity contribution is 5.84. The van der Waals surface area contributed by atoms with Gasteiger partial charge in [-0.05, 0) is 24.6 Å². The van der Waals surface area contributed by atoms with Crippen molar-refractivity contribution in [2.24, 2.45) is 0 Å². The standard InChI is InChI=1S/C13H14FNO3/c1-9(15-10(2)16)7-13(17)18-8-11-3-5-12(14)6-4-11/h3-7H,8H2,1-2H3,(H,15,16)/b9-7-. The second-order valence-corrected chi connectivity index (χ2v) is 3.74. The van der Waals surface area contributed by atoms with Gasteiger partial charge >= 0.3 is 5.97 Å². The smallest absolute Gasteiger partial charge is 0.332 e. The van der Waals surface area contributed by atoms with Crippen LogP contribution in [0.3, 0.4) is 0 Å². The minimum Gasteiger partial charge on any atom is -0.458 e. The molecule has 0 heterocycles. The molecule has 0 aliphatic heterocycles. The zero-order valence-electron chi connectivity index (χ0n) is 10.2. The minimum absolute atomic E-state index is 0.0585. The Morgan fingerprint density at radius 3 is 2.44 bits per heavy atom. The van der Waals surface area contributed by atoms with E-state index < -0.39 is 5.97 Å². The van der Waals surface area contributed by atoms with Crippen molar-refractivity contribution in [2.45, 2.75) is 20.5 Å². The molecule has 0 spiro atoms. The maximum atomic E-state index is 12.6. The molecule has 0 aliphatic rings. The van der Waals surface area contributed by atoms with Crippen LogP contribution in [-0.4, -0.2) is 11.9 Å². The van der Waals surface area contributed by atoms with Crippen LogP contribution >= 0.6 is 0 Å². The van der Waals surface area contributed by atoms with Crippen LogP contribution in [-0.2, 0) is 20.9 Å². The third-order valence-corrected chi connectivity index (χ3v) is 2.00. The molecule has 0 aliphatic carbocycles. The quantitative estimate of drug-likeness (QED) is 0.657. The molecule has 0 bridgehead atoms. The van der Waals surface area contributed by atoms with E-state index in [-0.39, 0.29) is 18.3 Å². The number of esters is 1. The monoisotopic (exact) mass is 251 g/mol. The molecule has 0 saturated carbocycles. The number of amides is 1. The lowest BCUT2D eigenvalue weighted by Gasteiger charge is -2.04. The van der Waals surface area contributed by atoms with Gasteiger partial charge in [0, 0.05) is 18.7 Å². The number of benzene rings is 1. The third-order valence-electron chi connectivity index (χ3n) is 2.00. The van der Waals surface area contributed by atoms with Gasteiger partial charge in [-0.25, -0.2) is 9.18 Å². The topological polar surface area (TPSA) is 55.4 Å². The molecule has 1 rings (SSSR count). The first-order valence-electron chi connectivity index (χ1n) is 5.34. The number of rotatable bonds is 4. The molecule has 0 saturated heterocycles. The molecule has 96 valence electrons. The van der Waals surface area contributed by atoms with E-state index in [0.717, 1.165) is 0 Å². The van der Waals surface area contributed by atoms with Gasteiger partial charge in [0.25, 0.3) is 0 Å². The van der Waals surface area contributed by atoms with E-state index in [0.29, 0.717) is 11.3 Å². The van der Waals surface area contributed by atoms with Crippen molar-refractivity contribution in [1.29, 1.82) is 0 Å². The fraction of sp³-hybridized carbons (Fsp3) is 0.231. The van der Waals surface area contributed by atoms with Crippen LogP contribution < -0.4 is 5.32 Å². The first kappa shape index (κ1) is 13.9. The number of nitrogens with one attached hydrogen (secondary N) is 1. The van der Waals surface area contributed by atoms with Crippen molar-refractivity contribution < 1.29 is 18.7 Å². The Morgan fingerprint density at radius 1 is 1.28 bits per heavy atom. The van der Waals surface area contributed by atoms with E-state index in [4.69, 9.17) is 4.74 Å². The van der Waals surface area contributed by atoms with Crippen molar-refractivity contribution in [3.05, 3.63) is 47.4 Å². The summed E-state index contributed by atoms with van der Waals surface area (Å²) >= 11 is 0. The maximum Gasteiger partial charge on any atom is 0.332 e. The average Bonchev–Trinajstić information content (AvgIpc) is 2.27. The molecule has 18 heavy (non-hydrogen) atoms. The molecular weight excluding hydrogens is 237 g/mol. The Labute approximate surface area is 104 Å². The zero-order valence-corrected chi connectivity index (χ0v) is 10.2. The minimum atomic E-state index is -0.564. The van der Waals surface area contributed by atoms with Crippen LogP contribution in [0.1, 0.15) is 19.4 Å². The van der Waals surface area contributed by atoms with Gasteiger partial charge in [-0.2, -0.15) is 0 Å². The molecule has 0 atom stereocenters. The van der Waals surface area contributed by atoms with Gasteiger partial charge in [-0.3, -0.25) is 4.79 Å². The van der Waals surface area contributed by atoms with Crippen LogP contribution in [0.5, 0.6) is 0 Å². The van der Waals surface area contributed by atoms with E-state index in [1.165, 1.54) is 37.3 Å². The number of allylic oxidation sites excluding steroid dienone is 1. The molecule has 5 heteroatoms. The molecule has 0 fully saturated rings. The molecule has 1 amide bonds.